The highest BCUT2D eigenvalue weighted by Gasteiger charge is 2.28. The molecule has 1 saturated heterocycles. The number of rotatable bonds is 2. The molecule has 13 heavy (non-hydrogen) atoms. The summed E-state index contributed by atoms with van der Waals surface area (Å²) >= 11 is 0. The van der Waals surface area contributed by atoms with Crippen molar-refractivity contribution >= 4 is 5.91 Å². The highest BCUT2D eigenvalue weighted by molar-refractivity contribution is 5.83. The van der Waals surface area contributed by atoms with Gasteiger partial charge in [-0.15, -0.1) is 0 Å². The molecule has 0 aliphatic carbocycles. The lowest BCUT2D eigenvalue weighted by molar-refractivity contribution is -0.129. The molecule has 0 spiro atoms. The molecule has 1 fully saturated rings. The van der Waals surface area contributed by atoms with Crippen LogP contribution < -0.4 is 5.73 Å². The Hall–Kier alpha value is -1.29. The first kappa shape index (κ1) is 8.31. The minimum atomic E-state index is -0.299. The summed E-state index contributed by atoms with van der Waals surface area (Å²) < 4.78 is 4.92. The maximum atomic E-state index is 11.4. The van der Waals surface area contributed by atoms with Gasteiger partial charge < -0.3 is 15.1 Å². The van der Waals surface area contributed by atoms with E-state index in [1.807, 2.05) is 6.07 Å². The molecule has 0 saturated carbocycles. The summed E-state index contributed by atoms with van der Waals surface area (Å²) in [5.41, 5.74) is 6.60. The summed E-state index contributed by atoms with van der Waals surface area (Å²) in [5, 5.41) is 0. The first-order valence-corrected chi connectivity index (χ1v) is 4.33. The maximum Gasteiger partial charge on any atom is 0.239 e. The van der Waals surface area contributed by atoms with E-state index in [-0.39, 0.29) is 11.9 Å². The van der Waals surface area contributed by atoms with E-state index in [4.69, 9.17) is 10.2 Å². The number of nitrogens with two attached hydrogens (primary N) is 1. The van der Waals surface area contributed by atoms with E-state index in [0.717, 1.165) is 18.5 Å². The third-order valence-corrected chi connectivity index (χ3v) is 2.29. The van der Waals surface area contributed by atoms with Crippen molar-refractivity contribution in [3.8, 4) is 0 Å². The quantitative estimate of drug-likeness (QED) is 0.714. The third kappa shape index (κ3) is 1.58. The Labute approximate surface area is 76.3 Å². The summed E-state index contributed by atoms with van der Waals surface area (Å²) in [5.74, 6) is 0.0428. The lowest BCUT2D eigenvalue weighted by atomic mass is 10.3. The first-order valence-electron chi connectivity index (χ1n) is 4.33. The van der Waals surface area contributed by atoms with Crippen LogP contribution >= 0.6 is 0 Å². The number of furan rings is 1. The molecule has 1 unspecified atom stereocenters. The van der Waals surface area contributed by atoms with Gasteiger partial charge in [-0.3, -0.25) is 4.79 Å². The maximum absolute atomic E-state index is 11.4. The van der Waals surface area contributed by atoms with Gasteiger partial charge in [0.05, 0.1) is 18.6 Å². The van der Waals surface area contributed by atoms with Gasteiger partial charge in [0.1, 0.15) is 0 Å². The fraction of sp³-hybridized carbons (Fsp3) is 0.444. The van der Waals surface area contributed by atoms with E-state index in [1.165, 1.54) is 0 Å². The number of amides is 1. The van der Waals surface area contributed by atoms with Crippen molar-refractivity contribution in [2.75, 3.05) is 6.54 Å². The Morgan fingerprint density at radius 2 is 2.54 bits per heavy atom. The van der Waals surface area contributed by atoms with Gasteiger partial charge in [0.25, 0.3) is 0 Å². The molecule has 1 atom stereocenters. The lowest BCUT2D eigenvalue weighted by Crippen LogP contribution is -2.33. The second-order valence-corrected chi connectivity index (χ2v) is 3.29. The number of carbonyl (C=O) groups is 1. The molecular weight excluding hydrogens is 168 g/mol. The molecule has 0 bridgehead atoms. The van der Waals surface area contributed by atoms with Gasteiger partial charge in [0.15, 0.2) is 0 Å². The molecule has 1 aliphatic heterocycles. The van der Waals surface area contributed by atoms with E-state index in [1.54, 1.807) is 17.4 Å². The van der Waals surface area contributed by atoms with Crippen LogP contribution in [0.4, 0.5) is 0 Å². The SMILES string of the molecule is NC1CCN(Cc2ccoc2)C1=O. The zero-order valence-corrected chi connectivity index (χ0v) is 7.27. The van der Waals surface area contributed by atoms with Crippen molar-refractivity contribution in [3.05, 3.63) is 24.2 Å². The monoisotopic (exact) mass is 180 g/mol. The topological polar surface area (TPSA) is 59.5 Å². The first-order chi connectivity index (χ1) is 6.27. The van der Waals surface area contributed by atoms with Gasteiger partial charge >= 0.3 is 0 Å². The van der Waals surface area contributed by atoms with Crippen LogP contribution in [-0.2, 0) is 11.3 Å². The second kappa shape index (κ2) is 3.22. The Morgan fingerprint density at radius 3 is 3.08 bits per heavy atom. The summed E-state index contributed by atoms with van der Waals surface area (Å²) in [6, 6.07) is 1.56. The molecular formula is C9H12N2O2. The predicted octanol–water partition coefficient (Wildman–Crippen LogP) is 0.339. The second-order valence-electron chi connectivity index (χ2n) is 3.29. The van der Waals surface area contributed by atoms with Crippen LogP contribution in [0.5, 0.6) is 0 Å². The number of nitrogens with zero attached hydrogens (tertiary/aromatic N) is 1. The van der Waals surface area contributed by atoms with Crippen LogP contribution in [0.1, 0.15) is 12.0 Å². The van der Waals surface area contributed by atoms with E-state index >= 15 is 0 Å². The van der Waals surface area contributed by atoms with Crippen LogP contribution in [0, 0.1) is 0 Å². The van der Waals surface area contributed by atoms with Crippen molar-refractivity contribution in [1.82, 2.24) is 4.90 Å². The van der Waals surface area contributed by atoms with Crippen LogP contribution in [0.2, 0.25) is 0 Å². The van der Waals surface area contributed by atoms with Gasteiger partial charge in [-0.05, 0) is 12.5 Å². The molecule has 0 radical (unpaired) electrons. The molecule has 70 valence electrons. The van der Waals surface area contributed by atoms with Gasteiger partial charge in [-0.1, -0.05) is 0 Å². The number of hydrogen-bond donors (Lipinski definition) is 1. The van der Waals surface area contributed by atoms with Crippen LogP contribution in [0.3, 0.4) is 0 Å². The van der Waals surface area contributed by atoms with E-state index in [2.05, 4.69) is 0 Å². The molecule has 2 N–H and O–H groups in total. The Morgan fingerprint density at radius 1 is 1.69 bits per heavy atom. The van der Waals surface area contributed by atoms with Crippen molar-refractivity contribution in [2.24, 2.45) is 5.73 Å². The molecule has 4 nitrogen and oxygen atoms in total. The molecule has 2 rings (SSSR count). The fourth-order valence-corrected chi connectivity index (χ4v) is 1.52. The summed E-state index contributed by atoms with van der Waals surface area (Å²) in [6.07, 6.45) is 4.02. The molecule has 1 amide bonds. The smallest absolute Gasteiger partial charge is 0.239 e. The number of likely N-dealkylation sites (tertiary alicyclic amines) is 1. The fourth-order valence-electron chi connectivity index (χ4n) is 1.52. The van der Waals surface area contributed by atoms with Gasteiger partial charge in [-0.25, -0.2) is 0 Å². The zero-order valence-electron chi connectivity index (χ0n) is 7.27. The standard InChI is InChI=1S/C9H12N2O2/c10-8-1-3-11(9(8)12)5-7-2-4-13-6-7/h2,4,6,8H,1,3,5,10H2. The largest absolute Gasteiger partial charge is 0.472 e. The lowest BCUT2D eigenvalue weighted by Gasteiger charge is -2.14. The van der Waals surface area contributed by atoms with E-state index in [0.29, 0.717) is 6.54 Å². The van der Waals surface area contributed by atoms with E-state index in [9.17, 15) is 4.79 Å². The summed E-state index contributed by atoms with van der Waals surface area (Å²) in [7, 11) is 0. The molecule has 0 aromatic carbocycles. The van der Waals surface area contributed by atoms with Crippen molar-refractivity contribution in [1.29, 1.82) is 0 Å². The molecule has 1 aromatic heterocycles. The number of hydrogen-bond acceptors (Lipinski definition) is 3. The average molecular weight is 180 g/mol. The minimum absolute atomic E-state index is 0.0428. The van der Waals surface area contributed by atoms with Crippen LogP contribution in [0.25, 0.3) is 0 Å². The summed E-state index contributed by atoms with van der Waals surface area (Å²) in [6.45, 7) is 1.37. The predicted molar refractivity (Wildman–Crippen MR) is 46.7 cm³/mol. The van der Waals surface area contributed by atoms with Crippen LogP contribution in [-0.4, -0.2) is 23.4 Å². The summed E-state index contributed by atoms with van der Waals surface area (Å²) in [4.78, 5) is 13.2. The Bertz CT molecular complexity index is 295. The van der Waals surface area contributed by atoms with Gasteiger partial charge in [0.2, 0.25) is 5.91 Å². The number of carbonyl (C=O) groups excluding carboxylic acids is 1. The zero-order chi connectivity index (χ0) is 9.26. The molecule has 4 heteroatoms. The Kier molecular flexibility index (Phi) is 2.06. The van der Waals surface area contributed by atoms with Gasteiger partial charge in [-0.2, -0.15) is 0 Å². The Balaban J connectivity index is 2.00. The molecule has 2 heterocycles. The van der Waals surface area contributed by atoms with Crippen LogP contribution in [0.15, 0.2) is 23.0 Å². The normalized spacial score (nSPS) is 22.7. The average Bonchev–Trinajstić information content (AvgIpc) is 2.71. The van der Waals surface area contributed by atoms with Crippen molar-refractivity contribution in [3.63, 3.8) is 0 Å². The van der Waals surface area contributed by atoms with E-state index < -0.39 is 0 Å². The molecule has 1 aliphatic rings. The van der Waals surface area contributed by atoms with Crippen molar-refractivity contribution in [2.45, 2.75) is 19.0 Å². The highest BCUT2D eigenvalue weighted by atomic mass is 16.3. The van der Waals surface area contributed by atoms with Crippen molar-refractivity contribution < 1.29 is 9.21 Å². The van der Waals surface area contributed by atoms with Gasteiger partial charge in [0, 0.05) is 18.7 Å². The minimum Gasteiger partial charge on any atom is -0.472 e. The molecule has 1 aromatic rings. The third-order valence-electron chi connectivity index (χ3n) is 2.29. The highest BCUT2D eigenvalue weighted by Crippen LogP contribution is 2.13.